The van der Waals surface area contributed by atoms with Gasteiger partial charge < -0.3 is 14.6 Å². The molecule has 3 heterocycles. The molecule has 3 aliphatic rings. The highest BCUT2D eigenvalue weighted by Gasteiger charge is 2.77. The van der Waals surface area contributed by atoms with Gasteiger partial charge in [-0.3, -0.25) is 19.7 Å². The molecule has 3 aromatic carbocycles. The molecule has 10 heteroatoms. The summed E-state index contributed by atoms with van der Waals surface area (Å²) in [5.74, 6) is -2.68. The van der Waals surface area contributed by atoms with E-state index < -0.39 is 51.7 Å². The van der Waals surface area contributed by atoms with Crippen LogP contribution in [0.25, 0.3) is 10.8 Å². The Morgan fingerprint density at radius 1 is 1.08 bits per heavy atom. The molecule has 3 aromatic rings. The van der Waals surface area contributed by atoms with Crippen LogP contribution in [0, 0.1) is 27.8 Å². The fourth-order valence-electron chi connectivity index (χ4n) is 6.36. The van der Waals surface area contributed by atoms with Crippen molar-refractivity contribution in [1.29, 1.82) is 0 Å². The summed E-state index contributed by atoms with van der Waals surface area (Å²) >= 11 is 0. The number of carbonyl (C=O) groups is 2. The van der Waals surface area contributed by atoms with E-state index in [0.29, 0.717) is 16.5 Å². The van der Waals surface area contributed by atoms with Crippen molar-refractivity contribution < 1.29 is 33.5 Å². The number of aliphatic hydroxyl groups is 1. The molecule has 0 radical (unpaired) electrons. The summed E-state index contributed by atoms with van der Waals surface area (Å²) in [6, 6.07) is 14.8. The second kappa shape index (κ2) is 8.85. The monoisotopic (exact) mass is 522 g/mol. The maximum absolute atomic E-state index is 13.9. The highest BCUT2D eigenvalue weighted by Crippen LogP contribution is 2.62. The van der Waals surface area contributed by atoms with Crippen LogP contribution in [-0.2, 0) is 14.3 Å². The summed E-state index contributed by atoms with van der Waals surface area (Å²) in [6.07, 6.45) is -0.581. The highest BCUT2D eigenvalue weighted by atomic mass is 19.1. The average Bonchev–Trinajstić information content (AvgIpc) is 3.40. The summed E-state index contributed by atoms with van der Waals surface area (Å²) in [5, 5.41) is 23.2. The lowest BCUT2D eigenvalue weighted by atomic mass is 9.66. The number of hydrogen-bond donors (Lipinski definition) is 1. The number of halogens is 1. The minimum atomic E-state index is -1.27. The first-order chi connectivity index (χ1) is 17.7. The Labute approximate surface area is 217 Å². The maximum Gasteiger partial charge on any atom is 0.277 e. The van der Waals surface area contributed by atoms with Crippen molar-refractivity contribution in [3.05, 3.63) is 76.6 Å². The van der Waals surface area contributed by atoms with Gasteiger partial charge in [-0.15, -0.1) is 0 Å². The molecule has 2 bridgehead atoms. The molecule has 0 saturated carbocycles. The van der Waals surface area contributed by atoms with Crippen LogP contribution in [0.5, 0.6) is 5.75 Å². The van der Waals surface area contributed by atoms with Gasteiger partial charge in [0.05, 0.1) is 46.1 Å². The van der Waals surface area contributed by atoms with Crippen molar-refractivity contribution in [3.8, 4) is 5.75 Å². The van der Waals surface area contributed by atoms with Crippen LogP contribution in [0.15, 0.2) is 60.7 Å². The Hall–Kier alpha value is -3.89. The number of aliphatic hydroxyl groups excluding tert-OH is 1. The minimum Gasteiger partial charge on any atom is -0.493 e. The van der Waals surface area contributed by atoms with E-state index in [1.807, 2.05) is 0 Å². The third-order valence-electron chi connectivity index (χ3n) is 8.04. The van der Waals surface area contributed by atoms with Crippen LogP contribution in [0.2, 0.25) is 0 Å². The number of carbonyl (C=O) groups excluding carboxylic acids is 2. The van der Waals surface area contributed by atoms with E-state index in [1.54, 1.807) is 31.2 Å². The lowest BCUT2D eigenvalue weighted by Crippen LogP contribution is -2.49. The van der Waals surface area contributed by atoms with Crippen molar-refractivity contribution in [1.82, 2.24) is 0 Å². The number of anilines is 1. The molecule has 0 aliphatic carbocycles. The van der Waals surface area contributed by atoms with Crippen molar-refractivity contribution in [2.45, 2.75) is 44.5 Å². The van der Waals surface area contributed by atoms with E-state index in [2.05, 4.69) is 0 Å². The van der Waals surface area contributed by atoms with E-state index in [1.165, 1.54) is 36.4 Å². The maximum atomic E-state index is 13.9. The lowest BCUT2D eigenvalue weighted by Gasteiger charge is -2.33. The molecule has 3 aliphatic heterocycles. The number of imide groups is 1. The number of hydrogen-bond acceptors (Lipinski definition) is 7. The van der Waals surface area contributed by atoms with Crippen molar-refractivity contribution in [2.75, 3.05) is 11.5 Å². The number of nitro benzene ring substituents is 1. The normalized spacial score (nSPS) is 29.4. The van der Waals surface area contributed by atoms with E-state index >= 15 is 0 Å². The van der Waals surface area contributed by atoms with Gasteiger partial charge >= 0.3 is 0 Å². The summed E-state index contributed by atoms with van der Waals surface area (Å²) < 4.78 is 25.3. The smallest absolute Gasteiger partial charge is 0.277 e. The second-order valence-corrected chi connectivity index (χ2v) is 10.00. The number of ether oxygens (including phenoxy) is 2. The van der Waals surface area contributed by atoms with Crippen molar-refractivity contribution in [3.63, 3.8) is 0 Å². The number of nitro groups is 1. The zero-order valence-electron chi connectivity index (χ0n) is 19.8. The molecule has 6 rings (SSSR count). The van der Waals surface area contributed by atoms with Crippen LogP contribution < -0.4 is 9.64 Å². The number of fused-ring (bicyclic) bond motifs is 6. The first-order valence-corrected chi connectivity index (χ1v) is 12.0. The van der Waals surface area contributed by atoms with Gasteiger partial charge in [0.2, 0.25) is 11.8 Å². The topological polar surface area (TPSA) is 119 Å². The molecule has 2 amide bonds. The van der Waals surface area contributed by atoms with Gasteiger partial charge in [0.25, 0.3) is 5.69 Å². The summed E-state index contributed by atoms with van der Waals surface area (Å²) in [5.41, 5.74) is -2.25. The zero-order valence-corrected chi connectivity index (χ0v) is 19.8. The average molecular weight is 523 g/mol. The van der Waals surface area contributed by atoms with Gasteiger partial charge in [-0.25, -0.2) is 9.29 Å². The summed E-state index contributed by atoms with van der Waals surface area (Å²) in [7, 11) is 0. The predicted molar refractivity (Wildman–Crippen MR) is 136 cm³/mol. The molecule has 0 aromatic heterocycles. The molecule has 38 heavy (non-hydrogen) atoms. The molecule has 9 nitrogen and oxygen atoms in total. The fraction of sp³-hybridized carbons (Fsp3) is 0.357. The Balaban J connectivity index is 0.00000294. The molecule has 5 atom stereocenters. The minimum absolute atomic E-state index is 0. The standard InChI is InChI=1S/C27H23FN2O7.CH4/c1-26-21(31)14-27(37-26,12-13-36-16-8-6-15(28)7-9-16)23-22(26)24(32)29(25(23)33)19-10-11-20(30(34)35)18-5-3-2-4-17(18)19;/h2-11,21-23,31H,12-14H2,1H3;1H4/t21-,22-,23+,26?,27?;/m1./s1. The Morgan fingerprint density at radius 3 is 2.42 bits per heavy atom. The van der Waals surface area contributed by atoms with Crippen LogP contribution >= 0.6 is 0 Å². The van der Waals surface area contributed by atoms with Crippen LogP contribution in [0.3, 0.4) is 0 Å². The largest absolute Gasteiger partial charge is 0.493 e. The number of rotatable bonds is 6. The van der Waals surface area contributed by atoms with E-state index in [4.69, 9.17) is 9.47 Å². The summed E-state index contributed by atoms with van der Waals surface area (Å²) in [6.45, 7) is 1.77. The quantitative estimate of drug-likeness (QED) is 0.290. The third kappa shape index (κ3) is 3.51. The number of amides is 2. The lowest BCUT2D eigenvalue weighted by molar-refractivity contribution is -0.383. The molecular formula is C28H27FN2O7. The van der Waals surface area contributed by atoms with Crippen LogP contribution in [0.1, 0.15) is 27.2 Å². The molecule has 3 saturated heterocycles. The molecule has 0 spiro atoms. The van der Waals surface area contributed by atoms with Gasteiger partial charge in [-0.1, -0.05) is 25.6 Å². The van der Waals surface area contributed by atoms with Crippen LogP contribution in [0.4, 0.5) is 15.8 Å². The van der Waals surface area contributed by atoms with E-state index in [-0.39, 0.29) is 38.2 Å². The molecule has 1 N–H and O–H groups in total. The number of non-ortho nitro benzene ring substituents is 1. The third-order valence-corrected chi connectivity index (χ3v) is 8.04. The summed E-state index contributed by atoms with van der Waals surface area (Å²) in [4.78, 5) is 39.8. The number of benzene rings is 3. The van der Waals surface area contributed by atoms with Gasteiger partial charge in [0.15, 0.2) is 0 Å². The molecular weight excluding hydrogens is 495 g/mol. The van der Waals surface area contributed by atoms with Crippen LogP contribution in [-0.4, -0.2) is 45.8 Å². The van der Waals surface area contributed by atoms with Crippen molar-refractivity contribution in [2.24, 2.45) is 11.8 Å². The highest BCUT2D eigenvalue weighted by molar-refractivity contribution is 6.26. The Bertz CT molecular complexity index is 1460. The SMILES string of the molecule is C.CC12OC(CCOc3ccc(F)cc3)(C[C@H]1O)[C@@H]1C(=O)N(c3ccc([N+](=O)[O-])c4ccccc34)C(=O)[C@@H]12. The van der Waals surface area contributed by atoms with Gasteiger partial charge in [0.1, 0.15) is 17.2 Å². The second-order valence-electron chi connectivity index (χ2n) is 10.00. The molecule has 3 fully saturated rings. The van der Waals surface area contributed by atoms with Gasteiger partial charge in [-0.05, 0) is 43.3 Å². The fourth-order valence-corrected chi connectivity index (χ4v) is 6.36. The Kier molecular flexibility index (Phi) is 6.00. The van der Waals surface area contributed by atoms with Gasteiger partial charge in [-0.2, -0.15) is 0 Å². The molecule has 2 unspecified atom stereocenters. The first kappa shape index (κ1) is 25.7. The number of nitrogens with zero attached hydrogens (tertiary/aromatic N) is 2. The Morgan fingerprint density at radius 2 is 1.74 bits per heavy atom. The van der Waals surface area contributed by atoms with E-state index in [9.17, 15) is 29.2 Å². The zero-order chi connectivity index (χ0) is 26.1. The van der Waals surface area contributed by atoms with Crippen molar-refractivity contribution >= 4 is 34.0 Å². The van der Waals surface area contributed by atoms with Gasteiger partial charge in [0, 0.05) is 24.3 Å². The first-order valence-electron chi connectivity index (χ1n) is 12.0. The molecule has 198 valence electrons. The van der Waals surface area contributed by atoms with E-state index in [0.717, 1.165) is 4.90 Å². The predicted octanol–water partition coefficient (Wildman–Crippen LogP) is 4.39.